The predicted octanol–water partition coefficient (Wildman–Crippen LogP) is 3.81. The number of nitrogens with zero attached hydrogens (tertiary/aromatic N) is 1. The molecular formula is C17H18ClN3O2S2. The maximum atomic E-state index is 12.6. The van der Waals surface area contributed by atoms with Gasteiger partial charge in [0.15, 0.2) is 5.17 Å². The van der Waals surface area contributed by atoms with Gasteiger partial charge in [-0.2, -0.15) is 0 Å². The second-order valence-electron chi connectivity index (χ2n) is 5.97. The van der Waals surface area contributed by atoms with E-state index in [0.717, 1.165) is 17.7 Å². The Labute approximate surface area is 156 Å². The molecule has 1 aliphatic rings. The average molecular weight is 396 g/mol. The molecule has 132 valence electrons. The van der Waals surface area contributed by atoms with Gasteiger partial charge in [-0.25, -0.2) is 8.42 Å². The number of sulfonamides is 1. The Hall–Kier alpha value is -1.70. The van der Waals surface area contributed by atoms with E-state index < -0.39 is 15.6 Å². The Bertz CT molecular complexity index is 931. The Morgan fingerprint density at radius 3 is 2.72 bits per heavy atom. The first-order valence-electron chi connectivity index (χ1n) is 7.66. The second-order valence-corrected chi connectivity index (χ2v) is 9.20. The van der Waals surface area contributed by atoms with Gasteiger partial charge in [0.05, 0.1) is 10.4 Å². The van der Waals surface area contributed by atoms with Gasteiger partial charge in [0, 0.05) is 16.5 Å². The van der Waals surface area contributed by atoms with Crippen molar-refractivity contribution in [2.75, 3.05) is 10.5 Å². The molecule has 0 aromatic heterocycles. The molecule has 2 aromatic carbocycles. The number of anilines is 1. The molecule has 0 saturated heterocycles. The lowest BCUT2D eigenvalue weighted by atomic mass is 9.89. The van der Waals surface area contributed by atoms with Crippen LogP contribution in [0.5, 0.6) is 0 Å². The lowest BCUT2D eigenvalue weighted by molar-refractivity contribution is 0.482. The van der Waals surface area contributed by atoms with Gasteiger partial charge in [0.25, 0.3) is 10.0 Å². The van der Waals surface area contributed by atoms with Gasteiger partial charge in [0.2, 0.25) is 0 Å². The third-order valence-electron chi connectivity index (χ3n) is 4.04. The first-order valence-corrected chi connectivity index (χ1v) is 10.5. The summed E-state index contributed by atoms with van der Waals surface area (Å²) in [6.45, 7) is 2.00. The van der Waals surface area contributed by atoms with Crippen molar-refractivity contribution in [3.63, 3.8) is 0 Å². The van der Waals surface area contributed by atoms with E-state index >= 15 is 0 Å². The van der Waals surface area contributed by atoms with E-state index in [1.54, 1.807) is 24.3 Å². The lowest BCUT2D eigenvalue weighted by Gasteiger charge is -2.30. The zero-order chi connectivity index (χ0) is 18.1. The summed E-state index contributed by atoms with van der Waals surface area (Å²) in [5, 5.41) is 0.923. The molecule has 1 unspecified atom stereocenters. The number of aliphatic imine (C=N–C) groups is 1. The number of nitrogens with one attached hydrogen (secondary N) is 1. The highest BCUT2D eigenvalue weighted by Crippen LogP contribution is 2.36. The summed E-state index contributed by atoms with van der Waals surface area (Å²) in [6.07, 6.45) is 0.836. The van der Waals surface area contributed by atoms with Crippen molar-refractivity contribution in [2.24, 2.45) is 10.7 Å². The molecule has 1 heterocycles. The zero-order valence-electron chi connectivity index (χ0n) is 13.6. The number of hydrogen-bond donors (Lipinski definition) is 2. The van der Waals surface area contributed by atoms with Gasteiger partial charge in [-0.05, 0) is 49.2 Å². The van der Waals surface area contributed by atoms with Crippen LogP contribution in [0.25, 0.3) is 0 Å². The summed E-state index contributed by atoms with van der Waals surface area (Å²) in [5.41, 5.74) is 6.81. The van der Waals surface area contributed by atoms with Gasteiger partial charge >= 0.3 is 0 Å². The molecule has 0 radical (unpaired) electrons. The van der Waals surface area contributed by atoms with Crippen molar-refractivity contribution in [2.45, 2.75) is 23.8 Å². The molecule has 0 amide bonds. The van der Waals surface area contributed by atoms with Gasteiger partial charge in [-0.1, -0.05) is 41.6 Å². The number of thioether (sulfide) groups is 1. The quantitative estimate of drug-likeness (QED) is 0.824. The Kier molecular flexibility index (Phi) is 4.99. The van der Waals surface area contributed by atoms with E-state index in [0.29, 0.717) is 15.9 Å². The third kappa shape index (κ3) is 4.11. The van der Waals surface area contributed by atoms with Crippen molar-refractivity contribution in [3.8, 4) is 0 Å². The number of nitrogens with two attached hydrogens (primary N) is 1. The van der Waals surface area contributed by atoms with Crippen LogP contribution in [0.1, 0.15) is 18.9 Å². The normalized spacial score (nSPS) is 20.8. The summed E-state index contributed by atoms with van der Waals surface area (Å²) < 4.78 is 27.7. The van der Waals surface area contributed by atoms with Crippen LogP contribution in [-0.4, -0.2) is 19.3 Å². The second kappa shape index (κ2) is 6.90. The fraction of sp³-hybridized carbons (Fsp3) is 0.235. The fourth-order valence-corrected chi connectivity index (χ4v) is 4.99. The van der Waals surface area contributed by atoms with E-state index in [-0.39, 0.29) is 4.90 Å². The summed E-state index contributed by atoms with van der Waals surface area (Å²) in [5.74, 6) is 0.879. The maximum Gasteiger partial charge on any atom is 0.261 e. The highest BCUT2D eigenvalue weighted by atomic mass is 35.5. The van der Waals surface area contributed by atoms with E-state index in [1.165, 1.54) is 23.9 Å². The first-order chi connectivity index (χ1) is 11.8. The molecule has 5 nitrogen and oxygen atoms in total. The molecule has 25 heavy (non-hydrogen) atoms. The standard InChI is InChI=1S/C17H18ClN3O2S2/c1-17(8-9-24-16(19)20-17)12-4-2-6-14(10-12)21-25(22,23)15-7-3-5-13(18)11-15/h2-7,10-11,21H,8-9H2,1H3,(H2,19,20). The molecule has 2 aromatic rings. The monoisotopic (exact) mass is 395 g/mol. The van der Waals surface area contributed by atoms with E-state index in [9.17, 15) is 8.42 Å². The molecule has 1 atom stereocenters. The van der Waals surface area contributed by atoms with Crippen molar-refractivity contribution >= 4 is 44.2 Å². The average Bonchev–Trinajstić information content (AvgIpc) is 2.54. The summed E-state index contributed by atoms with van der Waals surface area (Å²) in [6, 6.07) is 13.4. The van der Waals surface area contributed by atoms with Gasteiger partial charge in [-0.3, -0.25) is 9.71 Å². The molecule has 0 aliphatic carbocycles. The minimum atomic E-state index is -3.71. The van der Waals surface area contributed by atoms with Crippen molar-refractivity contribution in [3.05, 3.63) is 59.1 Å². The first kappa shape index (κ1) is 18.1. The summed E-state index contributed by atoms with van der Waals surface area (Å²) in [7, 11) is -3.71. The Morgan fingerprint density at radius 1 is 1.24 bits per heavy atom. The highest BCUT2D eigenvalue weighted by Gasteiger charge is 2.29. The van der Waals surface area contributed by atoms with Crippen LogP contribution in [0.15, 0.2) is 58.4 Å². The third-order valence-corrected chi connectivity index (χ3v) is 6.45. The molecule has 8 heteroatoms. The summed E-state index contributed by atoms with van der Waals surface area (Å²) in [4.78, 5) is 4.67. The molecule has 0 fully saturated rings. The topological polar surface area (TPSA) is 84.5 Å². The van der Waals surface area contributed by atoms with Crippen molar-refractivity contribution < 1.29 is 8.42 Å². The van der Waals surface area contributed by atoms with Crippen LogP contribution in [0, 0.1) is 0 Å². The van der Waals surface area contributed by atoms with E-state index in [1.807, 2.05) is 19.1 Å². The van der Waals surface area contributed by atoms with Crippen molar-refractivity contribution in [1.29, 1.82) is 0 Å². The van der Waals surface area contributed by atoms with Crippen LogP contribution in [0.2, 0.25) is 5.02 Å². The van der Waals surface area contributed by atoms with Gasteiger partial charge in [0.1, 0.15) is 0 Å². The molecule has 1 aliphatic heterocycles. The molecule has 0 bridgehead atoms. The predicted molar refractivity (Wildman–Crippen MR) is 105 cm³/mol. The van der Waals surface area contributed by atoms with E-state index in [2.05, 4.69) is 9.71 Å². The molecule has 3 rings (SSSR count). The number of amidine groups is 1. The van der Waals surface area contributed by atoms with Crippen LogP contribution < -0.4 is 10.5 Å². The number of halogens is 1. The molecule has 3 N–H and O–H groups in total. The fourth-order valence-electron chi connectivity index (χ4n) is 2.66. The SMILES string of the molecule is CC1(c2cccc(NS(=O)(=O)c3cccc(Cl)c3)c2)CCSC(N)=N1. The van der Waals surface area contributed by atoms with Crippen LogP contribution >= 0.6 is 23.4 Å². The Morgan fingerprint density at radius 2 is 2.00 bits per heavy atom. The number of hydrogen-bond acceptors (Lipinski definition) is 5. The van der Waals surface area contributed by atoms with Crippen molar-refractivity contribution in [1.82, 2.24) is 0 Å². The van der Waals surface area contributed by atoms with E-state index in [4.69, 9.17) is 17.3 Å². The van der Waals surface area contributed by atoms with Crippen LogP contribution in [-0.2, 0) is 15.6 Å². The largest absolute Gasteiger partial charge is 0.379 e. The molecule has 0 saturated carbocycles. The number of rotatable bonds is 4. The molecule has 0 spiro atoms. The maximum absolute atomic E-state index is 12.6. The lowest BCUT2D eigenvalue weighted by Crippen LogP contribution is -2.28. The van der Waals surface area contributed by atoms with Crippen LogP contribution in [0.4, 0.5) is 5.69 Å². The number of benzene rings is 2. The minimum absolute atomic E-state index is 0.118. The van der Waals surface area contributed by atoms with Crippen LogP contribution in [0.3, 0.4) is 0 Å². The molecular weight excluding hydrogens is 378 g/mol. The Balaban J connectivity index is 1.91. The van der Waals surface area contributed by atoms with Gasteiger partial charge < -0.3 is 5.73 Å². The summed E-state index contributed by atoms with van der Waals surface area (Å²) >= 11 is 7.42. The minimum Gasteiger partial charge on any atom is -0.379 e. The zero-order valence-corrected chi connectivity index (χ0v) is 16.0. The van der Waals surface area contributed by atoms with Gasteiger partial charge in [-0.15, -0.1) is 0 Å². The smallest absolute Gasteiger partial charge is 0.261 e. The highest BCUT2D eigenvalue weighted by molar-refractivity contribution is 8.13.